The van der Waals surface area contributed by atoms with Crippen LogP contribution >= 0.6 is 0 Å². The SMILES string of the molecule is CN[C@@H]1C[C@H]2O[C@@](C)([C@@H]1OC)n1cnc3c4c(c5c6ccccc6n2c5c31)CNC4=O. The topological polar surface area (TPSA) is 82.3 Å². The summed E-state index contributed by atoms with van der Waals surface area (Å²) in [6, 6.07) is 8.48. The molecule has 0 aliphatic carbocycles. The van der Waals surface area contributed by atoms with Gasteiger partial charge in [-0.25, -0.2) is 4.98 Å². The maximum Gasteiger partial charge on any atom is 0.254 e. The first kappa shape index (κ1) is 17.7. The van der Waals surface area contributed by atoms with Gasteiger partial charge in [0.2, 0.25) is 0 Å². The van der Waals surface area contributed by atoms with Crippen molar-refractivity contribution in [2.75, 3.05) is 14.2 Å². The molecule has 0 spiro atoms. The third kappa shape index (κ3) is 1.88. The highest BCUT2D eigenvalue weighted by atomic mass is 16.6. The van der Waals surface area contributed by atoms with Crippen LogP contribution in [0.4, 0.5) is 0 Å². The number of hydrogen-bond acceptors (Lipinski definition) is 5. The lowest BCUT2D eigenvalue weighted by Gasteiger charge is -2.47. The Bertz CT molecular complexity index is 1440. The Balaban J connectivity index is 1.75. The Morgan fingerprint density at radius 3 is 2.97 bits per heavy atom. The molecule has 0 unspecified atom stereocenters. The van der Waals surface area contributed by atoms with Gasteiger partial charge in [-0.05, 0) is 25.6 Å². The van der Waals surface area contributed by atoms with Gasteiger partial charge in [0.15, 0.2) is 5.72 Å². The second-order valence-electron chi connectivity index (χ2n) is 8.87. The highest BCUT2D eigenvalue weighted by molar-refractivity contribution is 6.24. The number of aromatic nitrogens is 3. The summed E-state index contributed by atoms with van der Waals surface area (Å²) < 4.78 is 17.2. The molecule has 158 valence electrons. The van der Waals surface area contributed by atoms with Crippen LogP contribution in [0.2, 0.25) is 0 Å². The zero-order valence-electron chi connectivity index (χ0n) is 17.6. The van der Waals surface area contributed by atoms with Crippen LogP contribution < -0.4 is 10.6 Å². The molecule has 2 bridgehead atoms. The average Bonchev–Trinajstić information content (AvgIpc) is 3.44. The van der Waals surface area contributed by atoms with Gasteiger partial charge in [-0.15, -0.1) is 0 Å². The second kappa shape index (κ2) is 5.64. The molecule has 1 saturated heterocycles. The largest absolute Gasteiger partial charge is 0.375 e. The van der Waals surface area contributed by atoms with E-state index >= 15 is 0 Å². The van der Waals surface area contributed by atoms with Gasteiger partial charge in [-0.3, -0.25) is 9.36 Å². The number of ether oxygens (including phenoxy) is 2. The molecule has 2 aromatic heterocycles. The predicted molar refractivity (Wildman–Crippen MR) is 116 cm³/mol. The fourth-order valence-corrected chi connectivity index (χ4v) is 6.25. The number of rotatable bonds is 2. The molecule has 1 fully saturated rings. The third-order valence-corrected chi connectivity index (χ3v) is 7.51. The van der Waals surface area contributed by atoms with Crippen LogP contribution in [-0.2, 0) is 21.7 Å². The molecule has 3 aliphatic heterocycles. The van der Waals surface area contributed by atoms with Crippen LogP contribution in [0.3, 0.4) is 0 Å². The van der Waals surface area contributed by atoms with E-state index in [9.17, 15) is 4.79 Å². The van der Waals surface area contributed by atoms with Gasteiger partial charge in [-0.2, -0.15) is 0 Å². The summed E-state index contributed by atoms with van der Waals surface area (Å²) in [7, 11) is 3.70. The molecule has 5 heterocycles. The second-order valence-corrected chi connectivity index (χ2v) is 8.87. The summed E-state index contributed by atoms with van der Waals surface area (Å²) in [5.41, 5.74) is 4.80. The molecular formula is C23H23N5O3. The number of amides is 1. The third-order valence-electron chi connectivity index (χ3n) is 7.51. The lowest BCUT2D eigenvalue weighted by Crippen LogP contribution is -2.59. The first-order valence-corrected chi connectivity index (χ1v) is 10.7. The minimum Gasteiger partial charge on any atom is -0.375 e. The monoisotopic (exact) mass is 417 g/mol. The molecule has 2 N–H and O–H groups in total. The van der Waals surface area contributed by atoms with E-state index in [-0.39, 0.29) is 24.3 Å². The highest BCUT2D eigenvalue weighted by Crippen LogP contribution is 2.50. The number of carbonyl (C=O) groups excluding carboxylic acids is 1. The average molecular weight is 417 g/mol. The van der Waals surface area contributed by atoms with Gasteiger partial charge >= 0.3 is 0 Å². The molecule has 0 saturated carbocycles. The summed E-state index contributed by atoms with van der Waals surface area (Å²) in [6.45, 7) is 2.58. The molecule has 4 atom stereocenters. The molecule has 3 aliphatic rings. The van der Waals surface area contributed by atoms with Crippen molar-refractivity contribution in [3.8, 4) is 0 Å². The smallest absolute Gasteiger partial charge is 0.254 e. The van der Waals surface area contributed by atoms with E-state index in [0.29, 0.717) is 12.1 Å². The van der Waals surface area contributed by atoms with E-state index in [0.717, 1.165) is 44.8 Å². The number of imidazole rings is 1. The van der Waals surface area contributed by atoms with Gasteiger partial charge < -0.3 is 24.7 Å². The maximum absolute atomic E-state index is 12.9. The minimum absolute atomic E-state index is 0.0614. The van der Waals surface area contributed by atoms with Crippen LogP contribution in [0.1, 0.15) is 35.5 Å². The number of carbonyl (C=O) groups is 1. The molecule has 8 nitrogen and oxygen atoms in total. The van der Waals surface area contributed by atoms with Crippen molar-refractivity contribution in [2.24, 2.45) is 0 Å². The molecule has 8 heteroatoms. The fraction of sp³-hybridized carbons (Fsp3) is 0.391. The van der Waals surface area contributed by atoms with Crippen molar-refractivity contribution >= 4 is 38.7 Å². The Labute approximate surface area is 178 Å². The van der Waals surface area contributed by atoms with Gasteiger partial charge in [0, 0.05) is 36.9 Å². The van der Waals surface area contributed by atoms with Gasteiger partial charge in [0.25, 0.3) is 5.91 Å². The molecule has 1 amide bonds. The molecule has 31 heavy (non-hydrogen) atoms. The number of nitrogens with one attached hydrogen (secondary N) is 2. The van der Waals surface area contributed by atoms with E-state index < -0.39 is 5.72 Å². The fourth-order valence-electron chi connectivity index (χ4n) is 6.25. The number of para-hydroxylation sites is 1. The molecule has 2 aromatic carbocycles. The highest BCUT2D eigenvalue weighted by Gasteiger charge is 2.52. The minimum atomic E-state index is -0.781. The summed E-state index contributed by atoms with van der Waals surface area (Å²) in [5, 5.41) is 8.73. The Hall–Kier alpha value is -2.94. The molecule has 0 radical (unpaired) electrons. The van der Waals surface area contributed by atoms with Crippen molar-refractivity contribution in [1.29, 1.82) is 0 Å². The van der Waals surface area contributed by atoms with E-state index in [1.54, 1.807) is 7.11 Å². The van der Waals surface area contributed by atoms with E-state index in [2.05, 4.69) is 51.0 Å². The lowest BCUT2D eigenvalue weighted by atomic mass is 9.93. The number of methoxy groups -OCH3 is 1. The summed E-state index contributed by atoms with van der Waals surface area (Å²) in [5.74, 6) is -0.0614. The standard InChI is InChI=1S/C23H23N5O3/c1-23-21(30-3)13(24-2)8-15(31-23)28-14-7-5-4-6-11(14)16-12-9-25-22(29)17(12)18-20(19(16)28)27(23)10-26-18/h4-7,10,13,15,21,24H,8-9H2,1-3H3,(H,25,29)/t13-,15-,21-,23+/m1/s1. The first-order chi connectivity index (χ1) is 15.1. The normalized spacial score (nSPS) is 29.1. The van der Waals surface area contributed by atoms with Crippen molar-refractivity contribution in [2.45, 2.75) is 44.0 Å². The van der Waals surface area contributed by atoms with E-state index in [1.807, 2.05) is 13.4 Å². The number of nitrogens with zero attached hydrogens (tertiary/aromatic N) is 3. The zero-order chi connectivity index (χ0) is 21.1. The molecule has 4 aromatic rings. The van der Waals surface area contributed by atoms with Crippen LogP contribution in [0, 0.1) is 0 Å². The Morgan fingerprint density at radius 2 is 2.16 bits per heavy atom. The van der Waals surface area contributed by atoms with Gasteiger partial charge in [0.1, 0.15) is 17.8 Å². The van der Waals surface area contributed by atoms with Gasteiger partial charge in [-0.1, -0.05) is 18.2 Å². The van der Waals surface area contributed by atoms with Crippen LogP contribution in [0.15, 0.2) is 30.6 Å². The Morgan fingerprint density at radius 1 is 1.32 bits per heavy atom. The summed E-state index contributed by atoms with van der Waals surface area (Å²) >= 11 is 0. The first-order valence-electron chi connectivity index (χ1n) is 10.7. The van der Waals surface area contributed by atoms with Crippen molar-refractivity contribution in [3.05, 3.63) is 41.7 Å². The molecule has 7 rings (SSSR count). The summed E-state index contributed by atoms with van der Waals surface area (Å²) in [4.78, 5) is 17.6. The molecular weight excluding hydrogens is 394 g/mol. The lowest BCUT2D eigenvalue weighted by molar-refractivity contribution is -0.257. The van der Waals surface area contributed by atoms with Gasteiger partial charge in [0.05, 0.1) is 28.4 Å². The number of benzene rings is 2. The summed E-state index contributed by atoms with van der Waals surface area (Å²) in [6.07, 6.45) is 2.18. The van der Waals surface area contributed by atoms with Crippen molar-refractivity contribution < 1.29 is 14.3 Å². The van der Waals surface area contributed by atoms with Crippen LogP contribution in [0.5, 0.6) is 0 Å². The number of likely N-dealkylation sites (N-methyl/N-ethyl adjacent to an activating group) is 1. The van der Waals surface area contributed by atoms with Crippen molar-refractivity contribution in [3.63, 3.8) is 0 Å². The van der Waals surface area contributed by atoms with Crippen LogP contribution in [0.25, 0.3) is 32.8 Å². The zero-order valence-corrected chi connectivity index (χ0v) is 17.6. The van der Waals surface area contributed by atoms with E-state index in [1.165, 1.54) is 0 Å². The maximum atomic E-state index is 12.9. The van der Waals surface area contributed by atoms with Crippen LogP contribution in [-0.4, -0.2) is 46.3 Å². The Kier molecular flexibility index (Phi) is 3.22. The predicted octanol–water partition coefficient (Wildman–Crippen LogP) is 2.60. The van der Waals surface area contributed by atoms with E-state index in [4.69, 9.17) is 14.5 Å². The number of fused-ring (bicyclic) bond motifs is 10. The quantitative estimate of drug-likeness (QED) is 0.524. The van der Waals surface area contributed by atoms with Crippen molar-refractivity contribution in [1.82, 2.24) is 24.8 Å². The number of hydrogen-bond donors (Lipinski definition) is 2.